The van der Waals surface area contributed by atoms with Gasteiger partial charge in [-0.05, 0) is 93.0 Å². The predicted molar refractivity (Wildman–Crippen MR) is 189 cm³/mol. The van der Waals surface area contributed by atoms with Gasteiger partial charge in [-0.2, -0.15) is 15.0 Å². The number of aromatic nitrogens is 3. The van der Waals surface area contributed by atoms with Crippen LogP contribution in [0.15, 0.2) is 48.5 Å². The second-order valence-corrected chi connectivity index (χ2v) is 14.2. The zero-order chi connectivity index (χ0) is 33.3. The Bertz CT molecular complexity index is 1570. The normalized spacial score (nSPS) is 25.6. The zero-order valence-corrected chi connectivity index (χ0v) is 28.0. The molecule has 1 aliphatic carbocycles. The van der Waals surface area contributed by atoms with Crippen LogP contribution >= 0.6 is 0 Å². The van der Waals surface area contributed by atoms with E-state index in [4.69, 9.17) is 19.7 Å². The van der Waals surface area contributed by atoms with E-state index in [0.29, 0.717) is 36.6 Å². The number of hydrogen-bond acceptors (Lipinski definition) is 11. The second kappa shape index (κ2) is 14.1. The highest BCUT2D eigenvalue weighted by Crippen LogP contribution is 2.36. The van der Waals surface area contributed by atoms with Gasteiger partial charge in [0.15, 0.2) is 5.82 Å². The van der Waals surface area contributed by atoms with Crippen LogP contribution in [0.1, 0.15) is 38.5 Å². The molecule has 4 aliphatic heterocycles. The average molecular weight is 670 g/mol. The van der Waals surface area contributed by atoms with Crippen molar-refractivity contribution in [2.45, 2.75) is 62.7 Å². The number of urea groups is 1. The molecule has 0 radical (unpaired) electrons. The largest absolute Gasteiger partial charge is 0.394 e. The van der Waals surface area contributed by atoms with Gasteiger partial charge in [0.25, 0.3) is 0 Å². The molecule has 2 bridgehead atoms. The molecular formula is C36H47N9O4. The number of nitrogens with one attached hydrogen (secondary N) is 2. The number of ether oxygens (including phenoxy) is 1. The number of piperazine rings is 1. The van der Waals surface area contributed by atoms with E-state index in [9.17, 15) is 15.0 Å². The van der Waals surface area contributed by atoms with Crippen molar-refractivity contribution in [2.75, 3.05) is 84.5 Å². The van der Waals surface area contributed by atoms with E-state index in [2.05, 4.69) is 37.5 Å². The minimum absolute atomic E-state index is 0.0418. The standard InChI is InChI=1S/C36H47N9O4/c46-20-29-11-12-30(21-47)44(29)34-39-33(40-35(41-34)45-31-13-14-32(45)23-49-22-31)25-3-5-26(6-4-25)37-36(48)38-27-7-9-28(10-8-27)43-17-15-42(16-18-43)19-24-1-2-24/h3-10,24,29-32,46-47H,1-2,11-23H2,(H2,37,38,48)/t29-,30+,31?,32?. The van der Waals surface area contributed by atoms with Crippen LogP contribution in [0.5, 0.6) is 0 Å². The smallest absolute Gasteiger partial charge is 0.323 e. The van der Waals surface area contributed by atoms with Gasteiger partial charge < -0.3 is 40.3 Å². The molecule has 5 fully saturated rings. The number of morpholine rings is 1. The molecule has 0 spiro atoms. The van der Waals surface area contributed by atoms with Crippen molar-refractivity contribution in [2.24, 2.45) is 5.92 Å². The first-order valence-electron chi connectivity index (χ1n) is 17.9. The number of nitrogens with zero attached hydrogens (tertiary/aromatic N) is 7. The lowest BCUT2D eigenvalue weighted by Gasteiger charge is -2.36. The van der Waals surface area contributed by atoms with Gasteiger partial charge in [-0.1, -0.05) is 0 Å². The number of benzene rings is 2. The van der Waals surface area contributed by atoms with E-state index >= 15 is 0 Å². The molecule has 2 unspecified atom stereocenters. The topological polar surface area (TPSA) is 142 Å². The summed E-state index contributed by atoms with van der Waals surface area (Å²) in [6, 6.07) is 15.3. The lowest BCUT2D eigenvalue weighted by atomic mass is 10.2. The van der Waals surface area contributed by atoms with Crippen molar-refractivity contribution < 1.29 is 19.7 Å². The van der Waals surface area contributed by atoms with Gasteiger partial charge in [-0.3, -0.25) is 4.90 Å². The van der Waals surface area contributed by atoms with Crippen LogP contribution in [0, 0.1) is 5.92 Å². The Morgan fingerprint density at radius 2 is 1.29 bits per heavy atom. The predicted octanol–water partition coefficient (Wildman–Crippen LogP) is 3.40. The molecule has 13 nitrogen and oxygen atoms in total. The molecule has 260 valence electrons. The summed E-state index contributed by atoms with van der Waals surface area (Å²) in [6.07, 6.45) is 6.34. The highest BCUT2D eigenvalue weighted by molar-refractivity contribution is 6.00. The van der Waals surface area contributed by atoms with E-state index < -0.39 is 0 Å². The lowest BCUT2D eigenvalue weighted by Crippen LogP contribution is -2.47. The third kappa shape index (κ3) is 7.03. The summed E-state index contributed by atoms with van der Waals surface area (Å²) >= 11 is 0. The number of aliphatic hydroxyl groups excluding tert-OH is 2. The fraction of sp³-hybridized carbons (Fsp3) is 0.556. The summed E-state index contributed by atoms with van der Waals surface area (Å²) in [6.45, 7) is 6.71. The molecule has 4 saturated heterocycles. The number of hydrogen-bond donors (Lipinski definition) is 4. The third-order valence-electron chi connectivity index (χ3n) is 10.8. The summed E-state index contributed by atoms with van der Waals surface area (Å²) in [5, 5.41) is 26.2. The molecule has 3 aromatic rings. The first-order valence-corrected chi connectivity index (χ1v) is 17.9. The fourth-order valence-corrected chi connectivity index (χ4v) is 7.92. The van der Waals surface area contributed by atoms with E-state index in [1.165, 1.54) is 25.1 Å². The van der Waals surface area contributed by atoms with E-state index in [-0.39, 0.29) is 43.4 Å². The van der Waals surface area contributed by atoms with Crippen LogP contribution in [-0.2, 0) is 4.74 Å². The zero-order valence-electron chi connectivity index (χ0n) is 28.0. The van der Waals surface area contributed by atoms with Crippen molar-refractivity contribution in [3.8, 4) is 11.4 Å². The van der Waals surface area contributed by atoms with E-state index in [1.54, 1.807) is 0 Å². The maximum absolute atomic E-state index is 12.9. The van der Waals surface area contributed by atoms with Crippen LogP contribution in [0.2, 0.25) is 0 Å². The van der Waals surface area contributed by atoms with Crippen LogP contribution in [0.4, 0.5) is 33.8 Å². The summed E-state index contributed by atoms with van der Waals surface area (Å²) in [5.74, 6) is 2.49. The van der Waals surface area contributed by atoms with Gasteiger partial charge in [-0.25, -0.2) is 4.79 Å². The summed E-state index contributed by atoms with van der Waals surface area (Å²) in [5.41, 5.74) is 3.34. The SMILES string of the molecule is O=C(Nc1ccc(-c2nc(N3C4CCC3COC4)nc(N3[C@H](CO)CC[C@@H]3CO)n2)cc1)Nc1ccc(N2CCN(CC3CC3)CC2)cc1. The van der Waals surface area contributed by atoms with E-state index in [0.717, 1.165) is 69.0 Å². The highest BCUT2D eigenvalue weighted by Gasteiger charge is 2.41. The maximum Gasteiger partial charge on any atom is 0.323 e. The summed E-state index contributed by atoms with van der Waals surface area (Å²) in [7, 11) is 0. The molecule has 8 rings (SSSR count). The Morgan fingerprint density at radius 3 is 1.86 bits per heavy atom. The average Bonchev–Trinajstić information content (AvgIpc) is 3.79. The molecule has 1 aromatic heterocycles. The Morgan fingerprint density at radius 1 is 0.714 bits per heavy atom. The van der Waals surface area contributed by atoms with Crippen LogP contribution in [-0.4, -0.2) is 119 Å². The number of anilines is 5. The van der Waals surface area contributed by atoms with Crippen molar-refractivity contribution >= 4 is 35.0 Å². The number of aliphatic hydroxyl groups is 2. The summed E-state index contributed by atoms with van der Waals surface area (Å²) in [4.78, 5) is 36.9. The number of amides is 2. The molecule has 13 heteroatoms. The van der Waals surface area contributed by atoms with Crippen LogP contribution in [0.3, 0.4) is 0 Å². The van der Waals surface area contributed by atoms with Gasteiger partial charge in [0, 0.05) is 55.3 Å². The quantitative estimate of drug-likeness (QED) is 0.252. The molecule has 4 N–H and O–H groups in total. The molecule has 2 aromatic carbocycles. The molecule has 1 saturated carbocycles. The first kappa shape index (κ1) is 32.2. The third-order valence-corrected chi connectivity index (χ3v) is 10.8. The van der Waals surface area contributed by atoms with E-state index in [1.807, 2.05) is 41.3 Å². The highest BCUT2D eigenvalue weighted by atomic mass is 16.5. The van der Waals surface area contributed by atoms with Crippen LogP contribution in [0.25, 0.3) is 11.4 Å². The number of fused-ring (bicyclic) bond motifs is 2. The molecular weight excluding hydrogens is 622 g/mol. The molecule has 2 amide bonds. The Kier molecular flexibility index (Phi) is 9.23. The summed E-state index contributed by atoms with van der Waals surface area (Å²) < 4.78 is 5.82. The Balaban J connectivity index is 0.942. The van der Waals surface area contributed by atoms with Gasteiger partial charge >= 0.3 is 6.03 Å². The van der Waals surface area contributed by atoms with Crippen molar-refractivity contribution in [1.82, 2.24) is 19.9 Å². The molecule has 5 aliphatic rings. The number of carbonyl (C=O) groups is 1. The van der Waals surface area contributed by atoms with Gasteiger partial charge in [0.05, 0.1) is 50.6 Å². The fourth-order valence-electron chi connectivity index (χ4n) is 7.92. The number of rotatable bonds is 10. The maximum atomic E-state index is 12.9. The van der Waals surface area contributed by atoms with Gasteiger partial charge in [-0.15, -0.1) is 0 Å². The first-order chi connectivity index (χ1) is 24.0. The van der Waals surface area contributed by atoms with Crippen molar-refractivity contribution in [3.63, 3.8) is 0 Å². The van der Waals surface area contributed by atoms with Gasteiger partial charge in [0.1, 0.15) is 0 Å². The van der Waals surface area contributed by atoms with Crippen LogP contribution < -0.4 is 25.3 Å². The Hall–Kier alpha value is -4.04. The number of carbonyl (C=O) groups excluding carboxylic acids is 1. The van der Waals surface area contributed by atoms with Crippen molar-refractivity contribution in [3.05, 3.63) is 48.5 Å². The molecule has 49 heavy (non-hydrogen) atoms. The minimum Gasteiger partial charge on any atom is -0.394 e. The lowest BCUT2D eigenvalue weighted by molar-refractivity contribution is 0.0897. The van der Waals surface area contributed by atoms with Gasteiger partial charge in [0.2, 0.25) is 11.9 Å². The monoisotopic (exact) mass is 669 g/mol. The molecule has 4 atom stereocenters. The minimum atomic E-state index is -0.319. The van der Waals surface area contributed by atoms with Crippen molar-refractivity contribution in [1.29, 1.82) is 0 Å². The second-order valence-electron chi connectivity index (χ2n) is 14.2. The molecule has 5 heterocycles. The Labute approximate surface area is 287 Å².